The fourth-order valence-electron chi connectivity index (χ4n) is 1.19. The highest BCUT2D eigenvalue weighted by atomic mass is 35.5. The van der Waals surface area contributed by atoms with E-state index >= 15 is 0 Å². The SMILES string of the molecule is CCCCC(CC)COC(=O)Cl.CCOC(=O)Cl. The van der Waals surface area contributed by atoms with Gasteiger partial charge >= 0.3 is 10.9 Å². The third-order valence-corrected chi connectivity index (χ3v) is 2.45. The second-order valence-corrected chi connectivity index (χ2v) is 4.25. The van der Waals surface area contributed by atoms with Crippen molar-refractivity contribution in [2.45, 2.75) is 46.5 Å². The summed E-state index contributed by atoms with van der Waals surface area (Å²) in [4.78, 5) is 19.9. The smallest absolute Gasteiger partial charge is 0.403 e. The van der Waals surface area contributed by atoms with Gasteiger partial charge in [0.2, 0.25) is 0 Å². The summed E-state index contributed by atoms with van der Waals surface area (Å²) in [6, 6.07) is 0. The van der Waals surface area contributed by atoms with Crippen molar-refractivity contribution in [2.24, 2.45) is 5.92 Å². The molecular weight excluding hydrogens is 279 g/mol. The molecule has 18 heavy (non-hydrogen) atoms. The highest BCUT2D eigenvalue weighted by Gasteiger charge is 2.07. The standard InChI is InChI=1S/C9H17ClO2.C3H5ClO2/c1-3-5-6-8(4-2)7-12-9(10)11;1-2-6-3(4)5/h8H,3-7H2,1-2H3;2H2,1H3. The predicted octanol–water partition coefficient (Wildman–Crippen LogP) is 4.96. The van der Waals surface area contributed by atoms with E-state index in [0.29, 0.717) is 19.1 Å². The van der Waals surface area contributed by atoms with Crippen molar-refractivity contribution in [3.8, 4) is 0 Å². The fraction of sp³-hybridized carbons (Fsp3) is 0.833. The van der Waals surface area contributed by atoms with E-state index in [-0.39, 0.29) is 0 Å². The molecule has 1 unspecified atom stereocenters. The van der Waals surface area contributed by atoms with Crippen LogP contribution in [0.4, 0.5) is 9.59 Å². The van der Waals surface area contributed by atoms with Gasteiger partial charge in [0, 0.05) is 23.2 Å². The average Bonchev–Trinajstić information content (AvgIpc) is 2.29. The van der Waals surface area contributed by atoms with Gasteiger partial charge in [-0.25, -0.2) is 9.59 Å². The first-order valence-corrected chi connectivity index (χ1v) is 6.87. The van der Waals surface area contributed by atoms with Crippen LogP contribution >= 0.6 is 23.2 Å². The highest BCUT2D eigenvalue weighted by molar-refractivity contribution is 6.61. The number of carbonyl (C=O) groups excluding carboxylic acids is 2. The van der Waals surface area contributed by atoms with Crippen LogP contribution in [0.15, 0.2) is 0 Å². The molecule has 0 aromatic carbocycles. The van der Waals surface area contributed by atoms with Crippen LogP contribution in [0.2, 0.25) is 0 Å². The summed E-state index contributed by atoms with van der Waals surface area (Å²) in [5, 5.41) is 0. The lowest BCUT2D eigenvalue weighted by molar-refractivity contribution is 0.146. The van der Waals surface area contributed by atoms with Crippen LogP contribution in [0.25, 0.3) is 0 Å². The lowest BCUT2D eigenvalue weighted by Gasteiger charge is -2.12. The largest absolute Gasteiger partial charge is 0.454 e. The molecule has 0 aliphatic carbocycles. The van der Waals surface area contributed by atoms with E-state index in [2.05, 4.69) is 18.6 Å². The van der Waals surface area contributed by atoms with Crippen molar-refractivity contribution in [1.29, 1.82) is 0 Å². The summed E-state index contributed by atoms with van der Waals surface area (Å²) in [5.74, 6) is 0.479. The molecule has 0 radical (unpaired) electrons. The van der Waals surface area contributed by atoms with E-state index in [1.807, 2.05) is 0 Å². The number of carbonyl (C=O) groups is 2. The van der Waals surface area contributed by atoms with E-state index in [1.165, 1.54) is 12.8 Å². The summed E-state index contributed by atoms with van der Waals surface area (Å²) < 4.78 is 8.89. The zero-order valence-corrected chi connectivity index (χ0v) is 12.7. The van der Waals surface area contributed by atoms with Gasteiger partial charge in [0.25, 0.3) is 0 Å². The number of rotatable bonds is 7. The Morgan fingerprint density at radius 2 is 1.61 bits per heavy atom. The van der Waals surface area contributed by atoms with Gasteiger partial charge in [0.1, 0.15) is 0 Å². The highest BCUT2D eigenvalue weighted by Crippen LogP contribution is 2.13. The Bertz CT molecular complexity index is 222. The lowest BCUT2D eigenvalue weighted by Crippen LogP contribution is -2.09. The minimum absolute atomic E-state index is 0.350. The van der Waals surface area contributed by atoms with Crippen LogP contribution in [0.1, 0.15) is 46.5 Å². The molecular formula is C12H22Cl2O4. The molecule has 0 aromatic heterocycles. The first kappa shape index (κ1) is 19.9. The topological polar surface area (TPSA) is 52.6 Å². The zero-order chi connectivity index (χ0) is 14.4. The molecule has 0 fully saturated rings. The Hall–Kier alpha value is -0.480. The van der Waals surface area contributed by atoms with Crippen molar-refractivity contribution in [3.63, 3.8) is 0 Å². The molecule has 0 bridgehead atoms. The van der Waals surface area contributed by atoms with Crippen LogP contribution in [0, 0.1) is 5.92 Å². The van der Waals surface area contributed by atoms with Crippen molar-refractivity contribution >= 4 is 34.1 Å². The van der Waals surface area contributed by atoms with Gasteiger partial charge in [-0.05, 0) is 19.3 Å². The third kappa shape index (κ3) is 17.9. The molecule has 0 aliphatic rings. The van der Waals surface area contributed by atoms with Crippen molar-refractivity contribution in [1.82, 2.24) is 0 Å². The molecule has 108 valence electrons. The monoisotopic (exact) mass is 300 g/mol. The molecule has 0 spiro atoms. The molecule has 0 aliphatic heterocycles. The molecule has 0 aromatic rings. The first-order valence-electron chi connectivity index (χ1n) is 6.12. The van der Waals surface area contributed by atoms with E-state index < -0.39 is 10.9 Å². The molecule has 0 heterocycles. The fourth-order valence-corrected chi connectivity index (χ4v) is 1.37. The number of halogens is 2. The van der Waals surface area contributed by atoms with E-state index in [0.717, 1.165) is 12.8 Å². The second-order valence-electron chi connectivity index (χ2n) is 3.64. The van der Waals surface area contributed by atoms with Crippen LogP contribution < -0.4 is 0 Å². The quantitative estimate of drug-likeness (QED) is 0.624. The Kier molecular flexibility index (Phi) is 16.1. The van der Waals surface area contributed by atoms with Crippen molar-refractivity contribution < 1.29 is 19.1 Å². The lowest BCUT2D eigenvalue weighted by atomic mass is 10.0. The maximum Gasteiger partial charge on any atom is 0.403 e. The zero-order valence-electron chi connectivity index (χ0n) is 11.2. The molecule has 0 rings (SSSR count). The molecule has 1 atom stereocenters. The number of unbranched alkanes of at least 4 members (excludes halogenated alkanes) is 1. The third-order valence-electron chi connectivity index (χ3n) is 2.23. The first-order chi connectivity index (χ1) is 8.47. The number of ether oxygens (including phenoxy) is 2. The second kappa shape index (κ2) is 14.6. The van der Waals surface area contributed by atoms with E-state index in [4.69, 9.17) is 27.9 Å². The van der Waals surface area contributed by atoms with E-state index in [1.54, 1.807) is 6.92 Å². The summed E-state index contributed by atoms with van der Waals surface area (Å²) in [6.07, 6.45) is 4.55. The molecule has 6 heteroatoms. The number of hydrogen-bond acceptors (Lipinski definition) is 4. The van der Waals surface area contributed by atoms with Gasteiger partial charge in [-0.1, -0.05) is 33.1 Å². The Balaban J connectivity index is 0. The van der Waals surface area contributed by atoms with Crippen LogP contribution in [0.5, 0.6) is 0 Å². The van der Waals surface area contributed by atoms with Crippen molar-refractivity contribution in [2.75, 3.05) is 13.2 Å². The maximum atomic E-state index is 10.3. The van der Waals surface area contributed by atoms with Gasteiger partial charge in [0.15, 0.2) is 0 Å². The predicted molar refractivity (Wildman–Crippen MR) is 73.4 cm³/mol. The summed E-state index contributed by atoms with van der Waals surface area (Å²) in [6.45, 7) is 6.77. The van der Waals surface area contributed by atoms with Crippen LogP contribution in [-0.4, -0.2) is 24.1 Å². The van der Waals surface area contributed by atoms with Gasteiger partial charge < -0.3 is 9.47 Å². The van der Waals surface area contributed by atoms with Gasteiger partial charge in [0.05, 0.1) is 13.2 Å². The number of hydrogen-bond donors (Lipinski definition) is 0. The molecule has 0 saturated heterocycles. The van der Waals surface area contributed by atoms with Crippen molar-refractivity contribution in [3.05, 3.63) is 0 Å². The Labute approximate surface area is 119 Å². The minimum atomic E-state index is -0.738. The maximum absolute atomic E-state index is 10.3. The van der Waals surface area contributed by atoms with Crippen LogP contribution in [-0.2, 0) is 9.47 Å². The normalized spacial score (nSPS) is 10.9. The van der Waals surface area contributed by atoms with E-state index in [9.17, 15) is 9.59 Å². The summed E-state index contributed by atoms with van der Waals surface area (Å²) in [7, 11) is 0. The minimum Gasteiger partial charge on any atom is -0.454 e. The van der Waals surface area contributed by atoms with Gasteiger partial charge in [-0.3, -0.25) is 0 Å². The molecule has 4 nitrogen and oxygen atoms in total. The Morgan fingerprint density at radius 3 is 1.89 bits per heavy atom. The molecule has 0 N–H and O–H groups in total. The molecule has 0 saturated carbocycles. The summed E-state index contributed by atoms with van der Waals surface area (Å²) in [5.41, 5.74) is -1.43. The Morgan fingerprint density at radius 1 is 1.06 bits per heavy atom. The van der Waals surface area contributed by atoms with Crippen LogP contribution in [0.3, 0.4) is 0 Å². The van der Waals surface area contributed by atoms with Gasteiger partial charge in [-0.2, -0.15) is 0 Å². The molecule has 0 amide bonds. The van der Waals surface area contributed by atoms with Gasteiger partial charge in [-0.15, -0.1) is 0 Å². The summed E-state index contributed by atoms with van der Waals surface area (Å²) >= 11 is 9.77. The average molecular weight is 301 g/mol.